The Labute approximate surface area is 101 Å². The molecule has 0 amide bonds. The van der Waals surface area contributed by atoms with Gasteiger partial charge in [-0.25, -0.2) is 4.68 Å². The number of carbonyl (C=O) groups is 1. The molecule has 1 aromatic heterocycles. The zero-order valence-electron chi connectivity index (χ0n) is 10.3. The molecule has 3 heteroatoms. The van der Waals surface area contributed by atoms with E-state index in [0.717, 1.165) is 17.7 Å². The van der Waals surface area contributed by atoms with Crippen LogP contribution in [0.15, 0.2) is 36.4 Å². The van der Waals surface area contributed by atoms with Crippen molar-refractivity contribution in [3.8, 4) is 5.69 Å². The van der Waals surface area contributed by atoms with Crippen molar-refractivity contribution in [2.75, 3.05) is 0 Å². The van der Waals surface area contributed by atoms with Gasteiger partial charge in [-0.1, -0.05) is 39.0 Å². The fourth-order valence-electron chi connectivity index (χ4n) is 1.62. The molecule has 0 unspecified atom stereocenters. The Morgan fingerprint density at radius 3 is 2.35 bits per heavy atom. The smallest absolute Gasteiger partial charge is 0.168 e. The number of para-hydroxylation sites is 1. The summed E-state index contributed by atoms with van der Waals surface area (Å²) in [5, 5.41) is 4.51. The highest BCUT2D eigenvalue weighted by Crippen LogP contribution is 2.22. The Hall–Kier alpha value is -1.90. The molecule has 17 heavy (non-hydrogen) atoms. The topological polar surface area (TPSA) is 34.9 Å². The molecule has 0 atom stereocenters. The summed E-state index contributed by atoms with van der Waals surface area (Å²) < 4.78 is 1.69. The molecular weight excluding hydrogens is 212 g/mol. The van der Waals surface area contributed by atoms with Gasteiger partial charge in [-0.2, -0.15) is 5.10 Å². The largest absolute Gasteiger partial charge is 0.296 e. The standard InChI is InChI=1S/C14H16N2O/c1-14(2,3)13-9-12(10-17)16(15-13)11-7-5-4-6-8-11/h4-10H,1-3H3. The van der Waals surface area contributed by atoms with Crippen LogP contribution in [0.4, 0.5) is 0 Å². The Balaban J connectivity index is 2.55. The van der Waals surface area contributed by atoms with E-state index in [1.165, 1.54) is 0 Å². The van der Waals surface area contributed by atoms with Gasteiger partial charge in [-0.3, -0.25) is 4.79 Å². The van der Waals surface area contributed by atoms with Gasteiger partial charge in [-0.05, 0) is 18.2 Å². The number of hydrogen-bond donors (Lipinski definition) is 0. The van der Waals surface area contributed by atoms with Crippen LogP contribution >= 0.6 is 0 Å². The third-order valence-corrected chi connectivity index (χ3v) is 2.63. The average Bonchev–Trinajstić information content (AvgIpc) is 2.73. The van der Waals surface area contributed by atoms with Crippen LogP contribution < -0.4 is 0 Å². The molecule has 0 bridgehead atoms. The van der Waals surface area contributed by atoms with Crippen molar-refractivity contribution in [1.82, 2.24) is 9.78 Å². The molecule has 0 saturated heterocycles. The van der Waals surface area contributed by atoms with Gasteiger partial charge >= 0.3 is 0 Å². The summed E-state index contributed by atoms with van der Waals surface area (Å²) in [5.74, 6) is 0. The van der Waals surface area contributed by atoms with Crippen molar-refractivity contribution in [2.45, 2.75) is 26.2 Å². The number of hydrogen-bond acceptors (Lipinski definition) is 2. The fourth-order valence-corrected chi connectivity index (χ4v) is 1.62. The van der Waals surface area contributed by atoms with E-state index in [1.807, 2.05) is 36.4 Å². The van der Waals surface area contributed by atoms with Crippen LogP contribution in [0.3, 0.4) is 0 Å². The van der Waals surface area contributed by atoms with Gasteiger partial charge in [0.25, 0.3) is 0 Å². The molecule has 0 spiro atoms. The summed E-state index contributed by atoms with van der Waals surface area (Å²) >= 11 is 0. The van der Waals surface area contributed by atoms with Gasteiger partial charge in [0.2, 0.25) is 0 Å². The molecule has 0 N–H and O–H groups in total. The predicted octanol–water partition coefficient (Wildman–Crippen LogP) is 2.98. The van der Waals surface area contributed by atoms with Gasteiger partial charge in [0.05, 0.1) is 11.4 Å². The lowest BCUT2D eigenvalue weighted by Crippen LogP contribution is -2.12. The number of nitrogens with zero attached hydrogens (tertiary/aromatic N) is 2. The summed E-state index contributed by atoms with van der Waals surface area (Å²) in [6, 6.07) is 11.5. The minimum Gasteiger partial charge on any atom is -0.296 e. The summed E-state index contributed by atoms with van der Waals surface area (Å²) in [5.41, 5.74) is 2.35. The number of benzene rings is 1. The molecule has 2 aromatic rings. The molecule has 0 saturated carbocycles. The van der Waals surface area contributed by atoms with Gasteiger partial charge in [0.15, 0.2) is 6.29 Å². The monoisotopic (exact) mass is 228 g/mol. The van der Waals surface area contributed by atoms with E-state index in [9.17, 15) is 4.79 Å². The maximum Gasteiger partial charge on any atom is 0.168 e. The number of rotatable bonds is 2. The van der Waals surface area contributed by atoms with E-state index in [1.54, 1.807) is 4.68 Å². The van der Waals surface area contributed by atoms with Crippen LogP contribution in [0, 0.1) is 0 Å². The molecular formula is C14H16N2O. The minimum absolute atomic E-state index is 0.0577. The summed E-state index contributed by atoms with van der Waals surface area (Å²) in [7, 11) is 0. The number of aldehydes is 1. The van der Waals surface area contributed by atoms with Crippen molar-refractivity contribution in [1.29, 1.82) is 0 Å². The second-order valence-corrected chi connectivity index (χ2v) is 5.07. The molecule has 0 fully saturated rings. The molecule has 0 radical (unpaired) electrons. The van der Waals surface area contributed by atoms with Crippen LogP contribution in [0.25, 0.3) is 5.69 Å². The molecule has 3 nitrogen and oxygen atoms in total. The highest BCUT2D eigenvalue weighted by molar-refractivity contribution is 5.73. The Bertz CT molecular complexity index is 521. The number of aromatic nitrogens is 2. The molecule has 0 aliphatic heterocycles. The Kier molecular flexibility index (Phi) is 2.84. The Morgan fingerprint density at radius 2 is 1.82 bits per heavy atom. The summed E-state index contributed by atoms with van der Waals surface area (Å²) in [6.45, 7) is 6.25. The predicted molar refractivity (Wildman–Crippen MR) is 67.7 cm³/mol. The summed E-state index contributed by atoms with van der Waals surface area (Å²) in [4.78, 5) is 11.1. The van der Waals surface area contributed by atoms with Gasteiger partial charge < -0.3 is 0 Å². The lowest BCUT2D eigenvalue weighted by molar-refractivity contribution is 0.111. The minimum atomic E-state index is -0.0577. The molecule has 0 aliphatic carbocycles. The first-order valence-electron chi connectivity index (χ1n) is 5.63. The van der Waals surface area contributed by atoms with Crippen molar-refractivity contribution in [2.24, 2.45) is 0 Å². The van der Waals surface area contributed by atoms with Crippen LogP contribution in [0.5, 0.6) is 0 Å². The highest BCUT2D eigenvalue weighted by atomic mass is 16.1. The van der Waals surface area contributed by atoms with Crippen molar-refractivity contribution >= 4 is 6.29 Å². The van der Waals surface area contributed by atoms with Crippen molar-refractivity contribution < 1.29 is 4.79 Å². The Morgan fingerprint density at radius 1 is 1.18 bits per heavy atom. The summed E-state index contributed by atoms with van der Waals surface area (Å²) in [6.07, 6.45) is 0.842. The van der Waals surface area contributed by atoms with Crippen LogP contribution in [0.2, 0.25) is 0 Å². The first-order valence-corrected chi connectivity index (χ1v) is 5.63. The second-order valence-electron chi connectivity index (χ2n) is 5.07. The normalized spacial score (nSPS) is 11.5. The highest BCUT2D eigenvalue weighted by Gasteiger charge is 2.20. The van der Waals surface area contributed by atoms with E-state index < -0.39 is 0 Å². The average molecular weight is 228 g/mol. The van der Waals surface area contributed by atoms with Crippen LogP contribution in [0.1, 0.15) is 37.0 Å². The number of carbonyl (C=O) groups excluding carboxylic acids is 1. The zero-order valence-corrected chi connectivity index (χ0v) is 10.3. The SMILES string of the molecule is CC(C)(C)c1cc(C=O)n(-c2ccccc2)n1. The molecule has 1 aromatic carbocycles. The first-order chi connectivity index (χ1) is 8.02. The fraction of sp³-hybridized carbons (Fsp3) is 0.286. The molecule has 2 rings (SSSR count). The molecule has 0 aliphatic rings. The van der Waals surface area contributed by atoms with E-state index in [0.29, 0.717) is 5.69 Å². The zero-order chi connectivity index (χ0) is 12.5. The third-order valence-electron chi connectivity index (χ3n) is 2.63. The quantitative estimate of drug-likeness (QED) is 0.741. The molecule has 88 valence electrons. The lowest BCUT2D eigenvalue weighted by atomic mass is 9.92. The van der Waals surface area contributed by atoms with Crippen molar-refractivity contribution in [3.63, 3.8) is 0 Å². The second kappa shape index (κ2) is 4.17. The van der Waals surface area contributed by atoms with E-state index >= 15 is 0 Å². The van der Waals surface area contributed by atoms with E-state index in [4.69, 9.17) is 0 Å². The van der Waals surface area contributed by atoms with Crippen LogP contribution in [-0.4, -0.2) is 16.1 Å². The van der Waals surface area contributed by atoms with E-state index in [2.05, 4.69) is 25.9 Å². The maximum absolute atomic E-state index is 11.1. The lowest BCUT2D eigenvalue weighted by Gasteiger charge is -2.14. The van der Waals surface area contributed by atoms with Crippen molar-refractivity contribution in [3.05, 3.63) is 47.8 Å². The van der Waals surface area contributed by atoms with Gasteiger partial charge in [0, 0.05) is 5.41 Å². The van der Waals surface area contributed by atoms with Gasteiger partial charge in [-0.15, -0.1) is 0 Å². The maximum atomic E-state index is 11.1. The van der Waals surface area contributed by atoms with Crippen LogP contribution in [-0.2, 0) is 5.41 Å². The first kappa shape index (κ1) is 11.6. The third kappa shape index (κ3) is 2.28. The molecule has 1 heterocycles. The van der Waals surface area contributed by atoms with E-state index in [-0.39, 0.29) is 5.41 Å². The van der Waals surface area contributed by atoms with Gasteiger partial charge in [0.1, 0.15) is 5.69 Å².